The Morgan fingerprint density at radius 3 is 2.77 bits per heavy atom. The van der Waals surface area contributed by atoms with Crippen molar-refractivity contribution in [3.05, 3.63) is 18.1 Å². The summed E-state index contributed by atoms with van der Waals surface area (Å²) in [6, 6.07) is 0. The quantitative estimate of drug-likeness (QED) is 0.849. The summed E-state index contributed by atoms with van der Waals surface area (Å²) in [5.41, 5.74) is 1.74. The van der Waals surface area contributed by atoms with Gasteiger partial charge in [0.05, 0.1) is 5.39 Å². The number of ether oxygens (including phenoxy) is 1. The molecule has 1 N–H and O–H groups in total. The van der Waals surface area contributed by atoms with Gasteiger partial charge in [0.25, 0.3) is 0 Å². The first-order valence-electron chi connectivity index (χ1n) is 9.28. The fraction of sp³-hybridized carbons (Fsp3) is 0.632. The van der Waals surface area contributed by atoms with Crippen LogP contribution >= 0.6 is 0 Å². The van der Waals surface area contributed by atoms with Gasteiger partial charge in [0.15, 0.2) is 0 Å². The summed E-state index contributed by atoms with van der Waals surface area (Å²) in [4.78, 5) is 28.7. The Kier molecular flexibility index (Phi) is 3.86. The number of aromatic nitrogens is 3. The number of carbonyl (C=O) groups is 1. The Hall–Kier alpha value is -2.31. The van der Waals surface area contributed by atoms with Crippen molar-refractivity contribution >= 4 is 22.9 Å². The number of nitrogens with one attached hydrogen (secondary N) is 1. The van der Waals surface area contributed by atoms with Crippen LogP contribution in [0.25, 0.3) is 11.0 Å². The molecule has 0 bridgehead atoms. The van der Waals surface area contributed by atoms with Crippen LogP contribution < -0.4 is 4.90 Å². The van der Waals surface area contributed by atoms with E-state index < -0.39 is 5.60 Å². The molecule has 0 aromatic carbocycles. The molecule has 1 atom stereocenters. The highest BCUT2D eigenvalue weighted by Gasteiger charge is 2.46. The van der Waals surface area contributed by atoms with E-state index in [1.165, 1.54) is 5.56 Å². The number of hydrogen-bond donors (Lipinski definition) is 1. The molecule has 1 spiro atoms. The topological polar surface area (TPSA) is 74.4 Å². The molecule has 140 valence electrons. The molecule has 2 saturated heterocycles. The van der Waals surface area contributed by atoms with Gasteiger partial charge in [-0.05, 0) is 46.1 Å². The maximum absolute atomic E-state index is 12.4. The van der Waals surface area contributed by atoms with Crippen molar-refractivity contribution in [2.75, 3.05) is 31.1 Å². The lowest BCUT2D eigenvalue weighted by molar-refractivity contribution is 0.0276. The number of aromatic amines is 1. The van der Waals surface area contributed by atoms with Gasteiger partial charge in [-0.15, -0.1) is 0 Å². The smallest absolute Gasteiger partial charge is 0.410 e. The van der Waals surface area contributed by atoms with Crippen molar-refractivity contribution in [1.82, 2.24) is 19.9 Å². The van der Waals surface area contributed by atoms with E-state index in [0.29, 0.717) is 0 Å². The molecule has 4 heterocycles. The van der Waals surface area contributed by atoms with Crippen molar-refractivity contribution in [2.24, 2.45) is 5.41 Å². The second-order valence-corrected chi connectivity index (χ2v) is 8.72. The van der Waals surface area contributed by atoms with Gasteiger partial charge in [-0.1, -0.05) is 0 Å². The van der Waals surface area contributed by atoms with Crippen molar-refractivity contribution < 1.29 is 9.53 Å². The van der Waals surface area contributed by atoms with Crippen LogP contribution in [0.1, 0.15) is 39.2 Å². The molecule has 0 aliphatic carbocycles. The number of fused-ring (bicyclic) bond motifs is 1. The Morgan fingerprint density at radius 2 is 2.00 bits per heavy atom. The van der Waals surface area contributed by atoms with E-state index in [-0.39, 0.29) is 11.5 Å². The predicted molar refractivity (Wildman–Crippen MR) is 100 cm³/mol. The molecule has 0 radical (unpaired) electrons. The molecule has 1 unspecified atom stereocenters. The molecule has 2 aromatic heterocycles. The third-order valence-electron chi connectivity index (χ3n) is 5.47. The summed E-state index contributed by atoms with van der Waals surface area (Å²) in [5, 5.41) is 1.10. The number of aryl methyl sites for hydroxylation is 1. The first kappa shape index (κ1) is 17.1. The zero-order valence-electron chi connectivity index (χ0n) is 16.0. The lowest BCUT2D eigenvalue weighted by atomic mass is 9.86. The number of anilines is 1. The molecule has 2 aromatic rings. The molecule has 0 saturated carbocycles. The second-order valence-electron chi connectivity index (χ2n) is 8.72. The predicted octanol–water partition coefficient (Wildman–Crippen LogP) is 3.10. The molecule has 26 heavy (non-hydrogen) atoms. The molecule has 7 heteroatoms. The molecule has 1 amide bonds. The Morgan fingerprint density at radius 1 is 1.23 bits per heavy atom. The largest absolute Gasteiger partial charge is 0.444 e. The number of carbonyl (C=O) groups excluding carboxylic acids is 1. The summed E-state index contributed by atoms with van der Waals surface area (Å²) in [6.45, 7) is 11.2. The van der Waals surface area contributed by atoms with E-state index in [4.69, 9.17) is 4.74 Å². The summed E-state index contributed by atoms with van der Waals surface area (Å²) in [5.74, 6) is 1.00. The fourth-order valence-corrected chi connectivity index (χ4v) is 4.20. The third kappa shape index (κ3) is 2.99. The molecule has 7 nitrogen and oxygen atoms in total. The average Bonchev–Trinajstić information content (AvgIpc) is 3.27. The highest BCUT2D eigenvalue weighted by Crippen LogP contribution is 2.42. The van der Waals surface area contributed by atoms with Crippen molar-refractivity contribution in [3.8, 4) is 0 Å². The zero-order valence-corrected chi connectivity index (χ0v) is 16.0. The van der Waals surface area contributed by atoms with E-state index in [9.17, 15) is 4.79 Å². The standard InChI is InChI=1S/C19H27N5O2/c1-13-9-20-15-14(13)16(22-12-21-15)23-7-5-19(10-23)6-8-24(11-19)17(25)26-18(2,3)4/h9,12H,5-8,10-11H2,1-4H3,(H,20,21,22). The number of likely N-dealkylation sites (tertiary alicyclic amines) is 1. The fourth-order valence-electron chi connectivity index (χ4n) is 4.20. The number of amides is 1. The van der Waals surface area contributed by atoms with Crippen molar-refractivity contribution in [2.45, 2.75) is 46.1 Å². The van der Waals surface area contributed by atoms with Gasteiger partial charge < -0.3 is 19.5 Å². The van der Waals surface area contributed by atoms with E-state index in [1.54, 1.807) is 6.33 Å². The van der Waals surface area contributed by atoms with Gasteiger partial charge in [-0.3, -0.25) is 0 Å². The molecular weight excluding hydrogens is 330 g/mol. The van der Waals surface area contributed by atoms with Crippen LogP contribution in [0.5, 0.6) is 0 Å². The average molecular weight is 357 g/mol. The highest BCUT2D eigenvalue weighted by molar-refractivity contribution is 5.90. The summed E-state index contributed by atoms with van der Waals surface area (Å²) in [7, 11) is 0. The normalized spacial score (nSPS) is 23.4. The van der Waals surface area contributed by atoms with Gasteiger partial charge in [0.2, 0.25) is 0 Å². The van der Waals surface area contributed by atoms with E-state index in [2.05, 4.69) is 26.8 Å². The van der Waals surface area contributed by atoms with E-state index in [0.717, 1.165) is 55.9 Å². The lowest BCUT2D eigenvalue weighted by Crippen LogP contribution is -2.37. The van der Waals surface area contributed by atoms with Gasteiger partial charge in [-0.25, -0.2) is 14.8 Å². The van der Waals surface area contributed by atoms with Crippen molar-refractivity contribution in [1.29, 1.82) is 0 Å². The summed E-state index contributed by atoms with van der Waals surface area (Å²) in [6.07, 6.45) is 5.50. The molecule has 4 rings (SSSR count). The second kappa shape index (κ2) is 5.86. The molecule has 2 aliphatic rings. The summed E-state index contributed by atoms with van der Waals surface area (Å²) < 4.78 is 5.55. The first-order valence-corrected chi connectivity index (χ1v) is 9.28. The van der Waals surface area contributed by atoms with Crippen LogP contribution in [0.15, 0.2) is 12.5 Å². The van der Waals surface area contributed by atoms with Crippen molar-refractivity contribution in [3.63, 3.8) is 0 Å². The third-order valence-corrected chi connectivity index (χ3v) is 5.47. The first-order chi connectivity index (χ1) is 12.3. The van der Waals surface area contributed by atoms with Gasteiger partial charge >= 0.3 is 6.09 Å². The number of hydrogen-bond acceptors (Lipinski definition) is 5. The molecule has 2 aliphatic heterocycles. The Labute approximate surface area is 153 Å². The van der Waals surface area contributed by atoms with Crippen LogP contribution in [0.4, 0.5) is 10.6 Å². The maximum atomic E-state index is 12.4. The highest BCUT2D eigenvalue weighted by atomic mass is 16.6. The zero-order chi connectivity index (χ0) is 18.5. The van der Waals surface area contributed by atoms with Crippen LogP contribution in [0.2, 0.25) is 0 Å². The molecular formula is C19H27N5O2. The Bertz CT molecular complexity index is 840. The van der Waals surface area contributed by atoms with Gasteiger partial charge in [0, 0.05) is 37.8 Å². The van der Waals surface area contributed by atoms with Gasteiger partial charge in [-0.2, -0.15) is 0 Å². The van der Waals surface area contributed by atoms with Crippen LogP contribution in [-0.2, 0) is 4.74 Å². The molecule has 2 fully saturated rings. The minimum Gasteiger partial charge on any atom is -0.444 e. The Balaban J connectivity index is 1.50. The number of rotatable bonds is 1. The van der Waals surface area contributed by atoms with Gasteiger partial charge in [0.1, 0.15) is 23.4 Å². The number of nitrogens with zero attached hydrogens (tertiary/aromatic N) is 4. The van der Waals surface area contributed by atoms with Crippen LogP contribution in [0, 0.1) is 12.3 Å². The number of H-pyrrole nitrogens is 1. The van der Waals surface area contributed by atoms with Crippen LogP contribution in [0.3, 0.4) is 0 Å². The van der Waals surface area contributed by atoms with E-state index >= 15 is 0 Å². The lowest BCUT2D eigenvalue weighted by Gasteiger charge is -2.27. The monoisotopic (exact) mass is 357 g/mol. The SMILES string of the molecule is Cc1c[nH]c2ncnc(N3CCC4(CCN(C(=O)OC(C)(C)C)C4)C3)c12. The maximum Gasteiger partial charge on any atom is 0.410 e. The minimum atomic E-state index is -0.451. The minimum absolute atomic E-state index is 0.137. The van der Waals surface area contributed by atoms with E-state index in [1.807, 2.05) is 31.9 Å². The summed E-state index contributed by atoms with van der Waals surface area (Å²) >= 11 is 0. The van der Waals surface area contributed by atoms with Crippen LogP contribution in [-0.4, -0.2) is 57.7 Å².